The van der Waals surface area contributed by atoms with E-state index in [1.807, 2.05) is 20.8 Å². The summed E-state index contributed by atoms with van der Waals surface area (Å²) >= 11 is 6.03. The first-order chi connectivity index (χ1) is 10.8. The van der Waals surface area contributed by atoms with Crippen molar-refractivity contribution in [3.63, 3.8) is 0 Å². The van der Waals surface area contributed by atoms with Crippen LogP contribution in [0.4, 0.5) is 0 Å². The second-order valence-electron chi connectivity index (χ2n) is 5.37. The Hall–Kier alpha value is -1.95. The molecule has 128 valence electrons. The van der Waals surface area contributed by atoms with Crippen molar-refractivity contribution in [3.8, 4) is 11.5 Å². The molecule has 0 aliphatic rings. The van der Waals surface area contributed by atoms with E-state index < -0.39 is 5.97 Å². The number of nitrogens with one attached hydrogen (secondary N) is 1. The molecule has 23 heavy (non-hydrogen) atoms. The Bertz CT molecular complexity index is 574. The topological polar surface area (TPSA) is 73.9 Å². The van der Waals surface area contributed by atoms with E-state index in [1.165, 1.54) is 26.4 Å². The van der Waals surface area contributed by atoms with Gasteiger partial charge in [-0.05, 0) is 25.0 Å². The minimum absolute atomic E-state index is 0.00303. The van der Waals surface area contributed by atoms with Gasteiger partial charge in [-0.15, -0.1) is 0 Å². The molecule has 1 rings (SSSR count). The molecule has 0 heterocycles. The molecule has 0 aliphatic carbocycles. The molecule has 1 N–H and O–H groups in total. The van der Waals surface area contributed by atoms with Crippen molar-refractivity contribution in [3.05, 3.63) is 22.7 Å². The van der Waals surface area contributed by atoms with Gasteiger partial charge in [0.15, 0.2) is 18.1 Å². The number of methoxy groups -OCH3 is 2. The van der Waals surface area contributed by atoms with Crippen LogP contribution in [0.3, 0.4) is 0 Å². The summed E-state index contributed by atoms with van der Waals surface area (Å²) in [6.07, 6.45) is 0. The minimum atomic E-state index is -0.666. The Morgan fingerprint density at radius 1 is 1.17 bits per heavy atom. The number of hydrogen-bond donors (Lipinski definition) is 1. The molecule has 1 atom stereocenters. The van der Waals surface area contributed by atoms with Gasteiger partial charge in [0, 0.05) is 6.04 Å². The van der Waals surface area contributed by atoms with Crippen LogP contribution in [0.15, 0.2) is 12.1 Å². The number of carbonyl (C=O) groups is 2. The average Bonchev–Trinajstić information content (AvgIpc) is 2.51. The molecule has 7 heteroatoms. The van der Waals surface area contributed by atoms with Gasteiger partial charge in [-0.3, -0.25) is 4.79 Å². The summed E-state index contributed by atoms with van der Waals surface area (Å²) in [5.74, 6) is -0.0929. The lowest BCUT2D eigenvalue weighted by Gasteiger charge is -2.17. The quantitative estimate of drug-likeness (QED) is 0.770. The summed E-state index contributed by atoms with van der Waals surface area (Å²) in [6, 6.07) is 2.85. The minimum Gasteiger partial charge on any atom is -0.493 e. The Kier molecular flexibility index (Phi) is 7.16. The third-order valence-electron chi connectivity index (χ3n) is 3.39. The predicted octanol–water partition coefficient (Wildman–Crippen LogP) is 2.67. The molecule has 0 aliphatic heterocycles. The summed E-state index contributed by atoms with van der Waals surface area (Å²) in [7, 11) is 2.88. The Labute approximate surface area is 141 Å². The molecule has 0 saturated carbocycles. The van der Waals surface area contributed by atoms with Crippen molar-refractivity contribution >= 4 is 23.5 Å². The van der Waals surface area contributed by atoms with E-state index in [0.29, 0.717) is 17.4 Å². The Balaban J connectivity index is 2.72. The van der Waals surface area contributed by atoms with E-state index in [0.717, 1.165) is 0 Å². The van der Waals surface area contributed by atoms with E-state index in [-0.39, 0.29) is 29.1 Å². The Morgan fingerprint density at radius 3 is 2.35 bits per heavy atom. The number of esters is 1. The van der Waals surface area contributed by atoms with Gasteiger partial charge >= 0.3 is 5.97 Å². The molecule has 1 aromatic rings. The predicted molar refractivity (Wildman–Crippen MR) is 87.3 cm³/mol. The lowest BCUT2D eigenvalue weighted by atomic mass is 10.1. The summed E-state index contributed by atoms with van der Waals surface area (Å²) in [5.41, 5.74) is 0.178. The normalized spacial score (nSPS) is 11.8. The number of ether oxygens (including phenoxy) is 3. The second-order valence-corrected chi connectivity index (χ2v) is 5.78. The highest BCUT2D eigenvalue weighted by atomic mass is 35.5. The number of benzene rings is 1. The zero-order chi connectivity index (χ0) is 17.6. The fourth-order valence-electron chi connectivity index (χ4n) is 1.71. The van der Waals surface area contributed by atoms with Crippen molar-refractivity contribution < 1.29 is 23.8 Å². The third-order valence-corrected chi connectivity index (χ3v) is 3.67. The molecular formula is C16H22ClNO5. The highest BCUT2D eigenvalue weighted by Gasteiger charge is 2.18. The van der Waals surface area contributed by atoms with Crippen LogP contribution in [0.1, 0.15) is 31.1 Å². The molecule has 1 amide bonds. The maximum atomic E-state index is 12.0. The van der Waals surface area contributed by atoms with Gasteiger partial charge in [0.05, 0.1) is 24.8 Å². The molecule has 6 nitrogen and oxygen atoms in total. The van der Waals surface area contributed by atoms with Crippen molar-refractivity contribution in [1.82, 2.24) is 5.32 Å². The molecule has 0 bridgehead atoms. The highest BCUT2D eigenvalue weighted by molar-refractivity contribution is 6.32. The monoisotopic (exact) mass is 343 g/mol. The summed E-state index contributed by atoms with van der Waals surface area (Å²) in [4.78, 5) is 23.8. The third kappa shape index (κ3) is 5.32. The first kappa shape index (κ1) is 19.1. The van der Waals surface area contributed by atoms with Gasteiger partial charge in [-0.1, -0.05) is 25.4 Å². The smallest absolute Gasteiger partial charge is 0.338 e. The largest absolute Gasteiger partial charge is 0.493 e. The number of rotatable bonds is 7. The summed E-state index contributed by atoms with van der Waals surface area (Å²) in [6.45, 7) is 5.51. The molecular weight excluding hydrogens is 322 g/mol. The average molecular weight is 344 g/mol. The maximum absolute atomic E-state index is 12.0. The van der Waals surface area contributed by atoms with Crippen LogP contribution < -0.4 is 14.8 Å². The van der Waals surface area contributed by atoms with Crippen LogP contribution >= 0.6 is 11.6 Å². The van der Waals surface area contributed by atoms with Crippen molar-refractivity contribution in [2.24, 2.45) is 5.92 Å². The number of amides is 1. The van der Waals surface area contributed by atoms with Gasteiger partial charge in [-0.2, -0.15) is 0 Å². The van der Waals surface area contributed by atoms with Crippen molar-refractivity contribution in [1.29, 1.82) is 0 Å². The lowest BCUT2D eigenvalue weighted by molar-refractivity contribution is -0.125. The van der Waals surface area contributed by atoms with Gasteiger partial charge in [0.1, 0.15) is 0 Å². The van der Waals surface area contributed by atoms with Crippen LogP contribution in [0.25, 0.3) is 0 Å². The van der Waals surface area contributed by atoms with Crippen LogP contribution in [0.2, 0.25) is 5.02 Å². The molecule has 0 saturated heterocycles. The molecule has 0 unspecified atom stereocenters. The molecule has 0 spiro atoms. The van der Waals surface area contributed by atoms with Crippen LogP contribution in [0.5, 0.6) is 11.5 Å². The highest BCUT2D eigenvalue weighted by Crippen LogP contribution is 2.36. The summed E-state index contributed by atoms with van der Waals surface area (Å²) in [5, 5.41) is 2.97. The number of hydrogen-bond acceptors (Lipinski definition) is 5. The maximum Gasteiger partial charge on any atom is 0.338 e. The fraction of sp³-hybridized carbons (Fsp3) is 0.500. The SMILES string of the molecule is COc1cc(C(=O)OCC(=O)N[C@H](C)C(C)C)cc(Cl)c1OC. The second kappa shape index (κ2) is 8.62. The van der Waals surface area contributed by atoms with Gasteiger partial charge in [-0.25, -0.2) is 4.79 Å². The Morgan fingerprint density at radius 2 is 1.83 bits per heavy atom. The van der Waals surface area contributed by atoms with E-state index >= 15 is 0 Å². The van der Waals surface area contributed by atoms with Gasteiger partial charge < -0.3 is 19.5 Å². The number of carbonyl (C=O) groups excluding carboxylic acids is 2. The van der Waals surface area contributed by atoms with E-state index in [2.05, 4.69) is 5.32 Å². The van der Waals surface area contributed by atoms with Crippen molar-refractivity contribution in [2.45, 2.75) is 26.8 Å². The van der Waals surface area contributed by atoms with Crippen LogP contribution in [-0.4, -0.2) is 38.7 Å². The standard InChI is InChI=1S/C16H22ClNO5/c1-9(2)10(3)18-14(19)8-23-16(20)11-6-12(17)15(22-5)13(7-11)21-4/h6-7,9-10H,8H2,1-5H3,(H,18,19)/t10-/m1/s1. The molecule has 0 fully saturated rings. The number of halogens is 1. The summed E-state index contributed by atoms with van der Waals surface area (Å²) < 4.78 is 15.2. The zero-order valence-corrected chi connectivity index (χ0v) is 14.7. The van der Waals surface area contributed by atoms with Crippen LogP contribution in [-0.2, 0) is 9.53 Å². The fourth-order valence-corrected chi connectivity index (χ4v) is 2.00. The lowest BCUT2D eigenvalue weighted by Crippen LogP contribution is -2.38. The van der Waals surface area contributed by atoms with E-state index in [4.69, 9.17) is 25.8 Å². The van der Waals surface area contributed by atoms with E-state index in [1.54, 1.807) is 0 Å². The van der Waals surface area contributed by atoms with E-state index in [9.17, 15) is 9.59 Å². The van der Waals surface area contributed by atoms with Gasteiger partial charge in [0.25, 0.3) is 5.91 Å². The molecule has 1 aromatic carbocycles. The van der Waals surface area contributed by atoms with Gasteiger partial charge in [0.2, 0.25) is 0 Å². The first-order valence-electron chi connectivity index (χ1n) is 7.18. The molecule has 0 radical (unpaired) electrons. The molecule has 0 aromatic heterocycles. The zero-order valence-electron chi connectivity index (χ0n) is 13.9. The van der Waals surface area contributed by atoms with Crippen molar-refractivity contribution in [2.75, 3.05) is 20.8 Å². The van der Waals surface area contributed by atoms with Crippen LogP contribution in [0, 0.1) is 5.92 Å². The first-order valence-corrected chi connectivity index (χ1v) is 7.56.